The van der Waals surface area contributed by atoms with Crippen molar-refractivity contribution in [2.75, 3.05) is 13.7 Å². The third kappa shape index (κ3) is 2.43. The highest BCUT2D eigenvalue weighted by Crippen LogP contribution is 2.44. The van der Waals surface area contributed by atoms with Gasteiger partial charge in [-0.1, -0.05) is 12.1 Å². The number of nitrogens with zero attached hydrogens (tertiary/aromatic N) is 1. The molecule has 1 aromatic carbocycles. The highest BCUT2D eigenvalue weighted by atomic mass is 32.1. The fraction of sp³-hybridized carbons (Fsp3) is 0.421. The number of amides is 1. The number of methoxy groups -OCH3 is 1. The van der Waals surface area contributed by atoms with Gasteiger partial charge in [-0.15, -0.1) is 11.3 Å². The molecule has 5 heteroatoms. The van der Waals surface area contributed by atoms with Crippen LogP contribution in [0.1, 0.15) is 28.9 Å². The highest BCUT2D eigenvalue weighted by Gasteiger charge is 2.47. The van der Waals surface area contributed by atoms with Gasteiger partial charge in [0, 0.05) is 24.2 Å². The van der Waals surface area contributed by atoms with Crippen LogP contribution in [-0.2, 0) is 0 Å². The van der Waals surface area contributed by atoms with Crippen LogP contribution in [0.3, 0.4) is 0 Å². The van der Waals surface area contributed by atoms with E-state index in [0.717, 1.165) is 34.6 Å². The largest absolute Gasteiger partial charge is 0.497 e. The minimum Gasteiger partial charge on any atom is -0.497 e. The number of ether oxygens (including phenoxy) is 1. The van der Waals surface area contributed by atoms with E-state index < -0.39 is 0 Å². The first kappa shape index (κ1) is 15.7. The van der Waals surface area contributed by atoms with Gasteiger partial charge in [0.2, 0.25) is 0 Å². The fourth-order valence-electron chi connectivity index (χ4n) is 4.32. The summed E-state index contributed by atoms with van der Waals surface area (Å²) in [5.41, 5.74) is 7.99. The summed E-state index contributed by atoms with van der Waals surface area (Å²) in [5.74, 6) is 1.53. The van der Waals surface area contributed by atoms with Gasteiger partial charge in [0.25, 0.3) is 5.91 Å². The Hall–Kier alpha value is -1.85. The maximum atomic E-state index is 13.3. The highest BCUT2D eigenvalue weighted by molar-refractivity contribution is 7.12. The first-order valence-corrected chi connectivity index (χ1v) is 9.35. The Morgan fingerprint density at radius 3 is 3.04 bits per heavy atom. The molecule has 1 saturated heterocycles. The predicted octanol–water partition coefficient (Wildman–Crippen LogP) is 3.38. The molecule has 0 radical (unpaired) electrons. The Kier molecular flexibility index (Phi) is 4.06. The lowest BCUT2D eigenvalue weighted by atomic mass is 9.98. The smallest absolute Gasteiger partial charge is 0.265 e. The van der Waals surface area contributed by atoms with Crippen LogP contribution in [0.2, 0.25) is 0 Å². The second-order valence-electron chi connectivity index (χ2n) is 6.64. The molecule has 4 nitrogen and oxygen atoms in total. The van der Waals surface area contributed by atoms with Crippen molar-refractivity contribution >= 4 is 17.2 Å². The molecule has 0 unspecified atom stereocenters. The van der Waals surface area contributed by atoms with Crippen molar-refractivity contribution in [3.8, 4) is 16.9 Å². The van der Waals surface area contributed by atoms with Crippen molar-refractivity contribution in [2.45, 2.75) is 31.3 Å². The molecule has 2 fully saturated rings. The van der Waals surface area contributed by atoms with Crippen LogP contribution < -0.4 is 10.5 Å². The molecule has 1 aromatic heterocycles. The summed E-state index contributed by atoms with van der Waals surface area (Å²) in [6, 6.07) is 10.5. The van der Waals surface area contributed by atoms with Crippen LogP contribution >= 0.6 is 11.3 Å². The SMILES string of the molecule is COc1cccc(-c2ccsc2C(=O)N2[C@@H]3CC[C@@H](C3)[C@H]2CN)c1. The van der Waals surface area contributed by atoms with Crippen molar-refractivity contribution in [3.05, 3.63) is 40.6 Å². The average molecular weight is 342 g/mol. The van der Waals surface area contributed by atoms with Crippen LogP contribution in [-0.4, -0.2) is 36.5 Å². The Morgan fingerprint density at radius 2 is 2.25 bits per heavy atom. The molecule has 1 aliphatic heterocycles. The van der Waals surface area contributed by atoms with E-state index >= 15 is 0 Å². The number of rotatable bonds is 4. The summed E-state index contributed by atoms with van der Waals surface area (Å²) in [5, 5.41) is 1.99. The van der Waals surface area contributed by atoms with Gasteiger partial charge in [0.05, 0.1) is 12.0 Å². The summed E-state index contributed by atoms with van der Waals surface area (Å²) >= 11 is 1.52. The first-order valence-electron chi connectivity index (χ1n) is 8.47. The van der Waals surface area contributed by atoms with Gasteiger partial charge in [0.1, 0.15) is 5.75 Å². The van der Waals surface area contributed by atoms with Gasteiger partial charge in [-0.2, -0.15) is 0 Å². The third-order valence-electron chi connectivity index (χ3n) is 5.46. The number of fused-ring (bicyclic) bond motifs is 2. The molecule has 2 N–H and O–H groups in total. The van der Waals surface area contributed by atoms with Crippen LogP contribution in [0.4, 0.5) is 0 Å². The quantitative estimate of drug-likeness (QED) is 0.927. The van der Waals surface area contributed by atoms with E-state index in [1.165, 1.54) is 17.8 Å². The molecule has 1 aliphatic carbocycles. The van der Waals surface area contributed by atoms with Crippen molar-refractivity contribution in [2.24, 2.45) is 11.7 Å². The lowest BCUT2D eigenvalue weighted by Crippen LogP contribution is -2.48. The lowest BCUT2D eigenvalue weighted by molar-refractivity contribution is 0.0608. The van der Waals surface area contributed by atoms with Gasteiger partial charge in [-0.05, 0) is 54.3 Å². The van der Waals surface area contributed by atoms with Crippen molar-refractivity contribution in [1.82, 2.24) is 4.90 Å². The normalized spacial score (nSPS) is 25.2. The Morgan fingerprint density at radius 1 is 1.38 bits per heavy atom. The van der Waals surface area contributed by atoms with Crippen molar-refractivity contribution in [3.63, 3.8) is 0 Å². The van der Waals surface area contributed by atoms with Gasteiger partial charge < -0.3 is 15.4 Å². The van der Waals surface area contributed by atoms with Crippen molar-refractivity contribution in [1.29, 1.82) is 0 Å². The van der Waals surface area contributed by atoms with E-state index in [9.17, 15) is 4.79 Å². The van der Waals surface area contributed by atoms with E-state index in [2.05, 4.69) is 4.90 Å². The Bertz CT molecular complexity index is 757. The molecule has 4 rings (SSSR count). The zero-order valence-corrected chi connectivity index (χ0v) is 14.6. The van der Waals surface area contributed by atoms with E-state index in [-0.39, 0.29) is 11.9 Å². The van der Waals surface area contributed by atoms with Crippen LogP contribution in [0, 0.1) is 5.92 Å². The van der Waals surface area contributed by atoms with E-state index in [4.69, 9.17) is 10.5 Å². The molecule has 2 bridgehead atoms. The summed E-state index contributed by atoms with van der Waals surface area (Å²) in [4.78, 5) is 16.2. The predicted molar refractivity (Wildman–Crippen MR) is 96.4 cm³/mol. The second kappa shape index (κ2) is 6.22. The summed E-state index contributed by atoms with van der Waals surface area (Å²) in [6.07, 6.45) is 3.45. The summed E-state index contributed by atoms with van der Waals surface area (Å²) in [7, 11) is 1.66. The fourth-order valence-corrected chi connectivity index (χ4v) is 5.18. The third-order valence-corrected chi connectivity index (χ3v) is 6.36. The topological polar surface area (TPSA) is 55.6 Å². The minimum absolute atomic E-state index is 0.144. The molecule has 2 aliphatic rings. The number of carbonyl (C=O) groups excluding carboxylic acids is 1. The lowest BCUT2D eigenvalue weighted by Gasteiger charge is -2.34. The maximum Gasteiger partial charge on any atom is 0.265 e. The van der Waals surface area contributed by atoms with Gasteiger partial charge >= 0.3 is 0 Å². The molecular weight excluding hydrogens is 320 g/mol. The average Bonchev–Trinajstić information content (AvgIpc) is 3.35. The number of piperidine rings is 1. The molecule has 2 aromatic rings. The summed E-state index contributed by atoms with van der Waals surface area (Å²) in [6.45, 7) is 0.562. The molecule has 1 saturated carbocycles. The molecule has 1 amide bonds. The number of hydrogen-bond donors (Lipinski definition) is 1. The van der Waals surface area contributed by atoms with Crippen LogP contribution in [0.15, 0.2) is 35.7 Å². The molecule has 0 spiro atoms. The van der Waals surface area contributed by atoms with E-state index in [1.807, 2.05) is 35.7 Å². The van der Waals surface area contributed by atoms with Crippen molar-refractivity contribution < 1.29 is 9.53 Å². The Balaban J connectivity index is 1.68. The number of hydrogen-bond acceptors (Lipinski definition) is 4. The first-order chi connectivity index (χ1) is 11.7. The zero-order valence-electron chi connectivity index (χ0n) is 13.8. The number of benzene rings is 1. The van der Waals surface area contributed by atoms with Crippen LogP contribution in [0.5, 0.6) is 5.75 Å². The second-order valence-corrected chi connectivity index (χ2v) is 7.55. The molecule has 3 atom stereocenters. The molecule has 2 heterocycles. The minimum atomic E-state index is 0.144. The molecular formula is C19H22N2O2S. The van der Waals surface area contributed by atoms with E-state index in [1.54, 1.807) is 7.11 Å². The monoisotopic (exact) mass is 342 g/mol. The number of likely N-dealkylation sites (tertiary alicyclic amines) is 1. The van der Waals surface area contributed by atoms with E-state index in [0.29, 0.717) is 18.5 Å². The van der Waals surface area contributed by atoms with Crippen LogP contribution in [0.25, 0.3) is 11.1 Å². The van der Waals surface area contributed by atoms with Gasteiger partial charge in [0.15, 0.2) is 0 Å². The standard InChI is InChI=1S/C19H22N2O2S/c1-23-15-4-2-3-12(10-15)16-7-8-24-18(16)19(22)21-14-6-5-13(9-14)17(21)11-20/h2-4,7-8,10,13-14,17H,5-6,9,11,20H2,1H3/t13-,14+,17+/m0/s1. The maximum absolute atomic E-state index is 13.3. The van der Waals surface area contributed by atoms with Gasteiger partial charge in [-0.25, -0.2) is 0 Å². The number of thiophene rings is 1. The zero-order chi connectivity index (χ0) is 16.7. The number of nitrogens with two attached hydrogens (primary N) is 1. The summed E-state index contributed by atoms with van der Waals surface area (Å²) < 4.78 is 5.32. The number of carbonyl (C=O) groups is 1. The molecule has 24 heavy (non-hydrogen) atoms. The molecule has 126 valence electrons. The van der Waals surface area contributed by atoms with Gasteiger partial charge in [-0.3, -0.25) is 4.79 Å². The Labute approximate surface area is 146 Å².